The SMILES string of the molecule is Cn1nccc1CCNc1cc(Br)ccc1C#N. The van der Waals surface area contributed by atoms with Crippen LogP contribution in [0.15, 0.2) is 34.9 Å². The van der Waals surface area contributed by atoms with E-state index in [1.807, 2.05) is 29.9 Å². The van der Waals surface area contributed by atoms with Crippen molar-refractivity contribution < 1.29 is 0 Å². The van der Waals surface area contributed by atoms with E-state index in [0.29, 0.717) is 5.56 Å². The lowest BCUT2D eigenvalue weighted by molar-refractivity contribution is 0.711. The quantitative estimate of drug-likeness (QED) is 0.945. The maximum atomic E-state index is 9.02. The molecule has 5 heteroatoms. The summed E-state index contributed by atoms with van der Waals surface area (Å²) in [7, 11) is 1.93. The summed E-state index contributed by atoms with van der Waals surface area (Å²) < 4.78 is 2.82. The molecular formula is C13H13BrN4. The van der Waals surface area contributed by atoms with E-state index < -0.39 is 0 Å². The lowest BCUT2D eigenvalue weighted by atomic mass is 10.2. The maximum Gasteiger partial charge on any atom is 0.101 e. The first-order valence-electron chi connectivity index (χ1n) is 5.61. The third-order valence-corrected chi connectivity index (χ3v) is 3.21. The highest BCUT2D eigenvalue weighted by molar-refractivity contribution is 9.10. The van der Waals surface area contributed by atoms with Gasteiger partial charge in [-0.1, -0.05) is 15.9 Å². The Hall–Kier alpha value is -1.80. The van der Waals surface area contributed by atoms with Crippen LogP contribution in [0.4, 0.5) is 5.69 Å². The zero-order chi connectivity index (χ0) is 13.0. The van der Waals surface area contributed by atoms with Gasteiger partial charge in [-0.3, -0.25) is 4.68 Å². The first-order chi connectivity index (χ1) is 8.70. The summed E-state index contributed by atoms with van der Waals surface area (Å²) in [5, 5.41) is 16.4. The predicted octanol–water partition coefficient (Wildman–Crippen LogP) is 2.71. The third kappa shape index (κ3) is 2.90. The van der Waals surface area contributed by atoms with Crippen molar-refractivity contribution in [2.75, 3.05) is 11.9 Å². The van der Waals surface area contributed by atoms with Crippen LogP contribution in [0.5, 0.6) is 0 Å². The molecule has 1 N–H and O–H groups in total. The van der Waals surface area contributed by atoms with E-state index in [2.05, 4.69) is 32.4 Å². The molecule has 4 nitrogen and oxygen atoms in total. The van der Waals surface area contributed by atoms with Crippen LogP contribution < -0.4 is 5.32 Å². The number of halogens is 1. The van der Waals surface area contributed by atoms with Crippen LogP contribution in [-0.4, -0.2) is 16.3 Å². The van der Waals surface area contributed by atoms with Crippen molar-refractivity contribution in [3.05, 3.63) is 46.2 Å². The Balaban J connectivity index is 2.00. The van der Waals surface area contributed by atoms with E-state index in [4.69, 9.17) is 5.26 Å². The molecule has 0 aliphatic carbocycles. The molecule has 0 amide bonds. The Labute approximate surface area is 114 Å². The van der Waals surface area contributed by atoms with E-state index in [0.717, 1.165) is 28.8 Å². The molecule has 1 heterocycles. The number of nitrogens with one attached hydrogen (secondary N) is 1. The Morgan fingerprint density at radius 1 is 1.44 bits per heavy atom. The Morgan fingerprint density at radius 3 is 2.94 bits per heavy atom. The third-order valence-electron chi connectivity index (χ3n) is 2.72. The van der Waals surface area contributed by atoms with Gasteiger partial charge in [-0.15, -0.1) is 0 Å². The zero-order valence-electron chi connectivity index (χ0n) is 10.0. The van der Waals surface area contributed by atoms with Crippen LogP contribution in [0, 0.1) is 11.3 Å². The average Bonchev–Trinajstić information content (AvgIpc) is 2.76. The fraction of sp³-hybridized carbons (Fsp3) is 0.231. The summed E-state index contributed by atoms with van der Waals surface area (Å²) >= 11 is 3.40. The van der Waals surface area contributed by atoms with Crippen molar-refractivity contribution in [2.24, 2.45) is 7.05 Å². The van der Waals surface area contributed by atoms with Crippen LogP contribution >= 0.6 is 15.9 Å². The van der Waals surface area contributed by atoms with Gasteiger partial charge in [-0.05, 0) is 24.3 Å². The number of hydrogen-bond donors (Lipinski definition) is 1. The van der Waals surface area contributed by atoms with Gasteiger partial charge in [0.2, 0.25) is 0 Å². The minimum absolute atomic E-state index is 0.656. The Bertz CT molecular complexity index is 583. The van der Waals surface area contributed by atoms with Gasteiger partial charge in [0, 0.05) is 36.4 Å². The molecule has 92 valence electrons. The summed E-state index contributed by atoms with van der Waals surface area (Å²) in [4.78, 5) is 0. The van der Waals surface area contributed by atoms with Gasteiger partial charge >= 0.3 is 0 Å². The topological polar surface area (TPSA) is 53.6 Å². The van der Waals surface area contributed by atoms with Crippen molar-refractivity contribution in [1.82, 2.24) is 9.78 Å². The van der Waals surface area contributed by atoms with Gasteiger partial charge in [0.1, 0.15) is 6.07 Å². The highest BCUT2D eigenvalue weighted by Crippen LogP contribution is 2.20. The molecule has 0 bridgehead atoms. The molecule has 0 aliphatic rings. The van der Waals surface area contributed by atoms with Gasteiger partial charge in [0.15, 0.2) is 0 Å². The largest absolute Gasteiger partial charge is 0.384 e. The van der Waals surface area contributed by atoms with Gasteiger partial charge in [0.25, 0.3) is 0 Å². The maximum absolute atomic E-state index is 9.02. The molecule has 0 aliphatic heterocycles. The summed E-state index contributed by atoms with van der Waals surface area (Å²) in [6.45, 7) is 0.769. The molecule has 0 radical (unpaired) electrons. The van der Waals surface area contributed by atoms with Crippen LogP contribution in [0.3, 0.4) is 0 Å². The van der Waals surface area contributed by atoms with E-state index in [9.17, 15) is 0 Å². The van der Waals surface area contributed by atoms with E-state index in [1.54, 1.807) is 12.3 Å². The standard InChI is InChI=1S/C13H13BrN4/c1-18-12(5-7-17-18)4-6-16-13-8-11(14)3-2-10(13)9-15/h2-3,5,7-8,16H,4,6H2,1H3. The molecule has 0 saturated carbocycles. The summed E-state index contributed by atoms with van der Waals surface area (Å²) in [5.41, 5.74) is 2.67. The fourth-order valence-corrected chi connectivity index (χ4v) is 2.09. The van der Waals surface area contributed by atoms with Gasteiger partial charge < -0.3 is 5.32 Å². The van der Waals surface area contributed by atoms with Crippen LogP contribution in [-0.2, 0) is 13.5 Å². The van der Waals surface area contributed by atoms with Crippen LogP contribution in [0.1, 0.15) is 11.3 Å². The van der Waals surface area contributed by atoms with Crippen molar-refractivity contribution in [3.63, 3.8) is 0 Å². The molecule has 18 heavy (non-hydrogen) atoms. The molecule has 2 aromatic rings. The zero-order valence-corrected chi connectivity index (χ0v) is 11.6. The number of rotatable bonds is 4. The van der Waals surface area contributed by atoms with Gasteiger partial charge in [0.05, 0.1) is 11.3 Å². The second-order valence-corrected chi connectivity index (χ2v) is 4.84. The first kappa shape index (κ1) is 12.7. The molecule has 0 atom stereocenters. The van der Waals surface area contributed by atoms with Gasteiger partial charge in [-0.2, -0.15) is 10.4 Å². The van der Waals surface area contributed by atoms with Crippen LogP contribution in [0.25, 0.3) is 0 Å². The molecule has 2 rings (SSSR count). The molecule has 1 aromatic heterocycles. The second kappa shape index (κ2) is 5.69. The minimum atomic E-state index is 0.656. The smallest absolute Gasteiger partial charge is 0.101 e. The van der Waals surface area contributed by atoms with Crippen LogP contribution in [0.2, 0.25) is 0 Å². The molecule has 0 saturated heterocycles. The number of hydrogen-bond acceptors (Lipinski definition) is 3. The second-order valence-electron chi connectivity index (χ2n) is 3.92. The monoisotopic (exact) mass is 304 g/mol. The normalized spacial score (nSPS) is 10.1. The van der Waals surface area contributed by atoms with Crippen molar-refractivity contribution in [3.8, 4) is 6.07 Å². The molecule has 0 fully saturated rings. The molecule has 0 unspecified atom stereocenters. The van der Waals surface area contributed by atoms with E-state index in [1.165, 1.54) is 0 Å². The average molecular weight is 305 g/mol. The number of aromatic nitrogens is 2. The lowest BCUT2D eigenvalue weighted by Gasteiger charge is -2.08. The number of benzene rings is 1. The number of nitriles is 1. The van der Waals surface area contributed by atoms with Crippen molar-refractivity contribution in [1.29, 1.82) is 5.26 Å². The molecule has 1 aromatic carbocycles. The van der Waals surface area contributed by atoms with E-state index >= 15 is 0 Å². The lowest BCUT2D eigenvalue weighted by Crippen LogP contribution is -2.09. The highest BCUT2D eigenvalue weighted by Gasteiger charge is 2.03. The molecular weight excluding hydrogens is 292 g/mol. The fourth-order valence-electron chi connectivity index (χ4n) is 1.73. The predicted molar refractivity (Wildman–Crippen MR) is 74.3 cm³/mol. The van der Waals surface area contributed by atoms with E-state index in [-0.39, 0.29) is 0 Å². The Morgan fingerprint density at radius 2 is 2.28 bits per heavy atom. The summed E-state index contributed by atoms with van der Waals surface area (Å²) in [6.07, 6.45) is 2.66. The highest BCUT2D eigenvalue weighted by atomic mass is 79.9. The number of anilines is 1. The minimum Gasteiger partial charge on any atom is -0.384 e. The summed E-state index contributed by atoms with van der Waals surface area (Å²) in [6, 6.07) is 9.76. The molecule has 0 spiro atoms. The van der Waals surface area contributed by atoms with Crippen molar-refractivity contribution >= 4 is 21.6 Å². The summed E-state index contributed by atoms with van der Waals surface area (Å²) in [5.74, 6) is 0. The number of nitrogens with zero attached hydrogens (tertiary/aromatic N) is 3. The van der Waals surface area contributed by atoms with Gasteiger partial charge in [-0.25, -0.2) is 0 Å². The van der Waals surface area contributed by atoms with Crippen molar-refractivity contribution in [2.45, 2.75) is 6.42 Å². The first-order valence-corrected chi connectivity index (χ1v) is 6.40. The number of aryl methyl sites for hydroxylation is 1. The Kier molecular flexibility index (Phi) is 4.00.